The first-order valence-electron chi connectivity index (χ1n) is 5.62. The van der Waals surface area contributed by atoms with E-state index in [-0.39, 0.29) is 5.84 Å². The number of benzene rings is 1. The molecule has 5 heteroatoms. The summed E-state index contributed by atoms with van der Waals surface area (Å²) in [5.41, 5.74) is -0.397. The molecule has 96 valence electrons. The van der Waals surface area contributed by atoms with Crippen LogP contribution in [-0.2, 0) is 4.79 Å². The molecule has 0 saturated carbocycles. The first-order valence-corrected chi connectivity index (χ1v) is 5.62. The Morgan fingerprint density at radius 3 is 2.33 bits per heavy atom. The maximum absolute atomic E-state index is 13.4. The van der Waals surface area contributed by atoms with Crippen molar-refractivity contribution in [2.24, 2.45) is 4.99 Å². The van der Waals surface area contributed by atoms with Crippen molar-refractivity contribution in [3.05, 3.63) is 35.9 Å². The van der Waals surface area contributed by atoms with Crippen LogP contribution in [0.4, 0.5) is 14.5 Å². The Kier molecular flexibility index (Phi) is 5.21. The third kappa shape index (κ3) is 3.25. The average Bonchev–Trinajstić information content (AvgIpc) is 2.35. The predicted molar refractivity (Wildman–Crippen MR) is 66.6 cm³/mol. The largest absolute Gasteiger partial charge is 0.357 e. The number of hydrogen-bond acceptors (Lipinski definition) is 2. The monoisotopic (exact) mass is 252 g/mol. The lowest BCUT2D eigenvalue weighted by Crippen LogP contribution is -2.29. The second-order valence-electron chi connectivity index (χ2n) is 3.47. The summed E-state index contributed by atoms with van der Waals surface area (Å²) in [6, 6.07) is 3.50. The van der Waals surface area contributed by atoms with Gasteiger partial charge in [0, 0.05) is 13.1 Å². The van der Waals surface area contributed by atoms with Crippen molar-refractivity contribution in [2.45, 2.75) is 13.8 Å². The van der Waals surface area contributed by atoms with E-state index in [1.165, 1.54) is 6.07 Å². The SMILES string of the molecule is CCN(CC)C(C=C=O)=Nc1c(F)cccc1F. The molecule has 0 aliphatic carbocycles. The molecule has 0 atom stereocenters. The lowest BCUT2D eigenvalue weighted by atomic mass is 10.3. The van der Waals surface area contributed by atoms with Crippen LogP contribution in [0.2, 0.25) is 0 Å². The fourth-order valence-corrected chi connectivity index (χ4v) is 1.50. The molecule has 0 N–H and O–H groups in total. The molecule has 1 aromatic carbocycles. The molecule has 0 bridgehead atoms. The van der Waals surface area contributed by atoms with Gasteiger partial charge in [-0.25, -0.2) is 18.6 Å². The minimum absolute atomic E-state index is 0.194. The molecular formula is C13H14F2N2O. The Morgan fingerprint density at radius 1 is 1.33 bits per heavy atom. The van der Waals surface area contributed by atoms with Crippen molar-refractivity contribution in [3.63, 3.8) is 0 Å². The third-order valence-electron chi connectivity index (χ3n) is 2.44. The molecule has 0 aliphatic rings. The summed E-state index contributed by atoms with van der Waals surface area (Å²) in [6.07, 6.45) is 1.07. The van der Waals surface area contributed by atoms with E-state index in [1.807, 2.05) is 13.8 Å². The van der Waals surface area contributed by atoms with Gasteiger partial charge in [-0.2, -0.15) is 0 Å². The van der Waals surface area contributed by atoms with Crippen LogP contribution in [0.25, 0.3) is 0 Å². The van der Waals surface area contributed by atoms with Gasteiger partial charge in [-0.15, -0.1) is 0 Å². The Labute approximate surface area is 104 Å². The van der Waals surface area contributed by atoms with Gasteiger partial charge in [-0.05, 0) is 26.0 Å². The summed E-state index contributed by atoms with van der Waals surface area (Å²) in [7, 11) is 0. The number of amidine groups is 1. The minimum atomic E-state index is -0.765. The van der Waals surface area contributed by atoms with E-state index in [0.717, 1.165) is 18.2 Å². The Morgan fingerprint density at radius 2 is 1.89 bits per heavy atom. The van der Waals surface area contributed by atoms with Gasteiger partial charge in [0.1, 0.15) is 17.5 Å². The summed E-state index contributed by atoms with van der Waals surface area (Å²) in [5, 5.41) is 0. The molecule has 3 nitrogen and oxygen atoms in total. The van der Waals surface area contributed by atoms with E-state index in [0.29, 0.717) is 13.1 Å². The topological polar surface area (TPSA) is 32.7 Å². The number of nitrogens with zero attached hydrogens (tertiary/aromatic N) is 2. The van der Waals surface area contributed by atoms with Crippen molar-refractivity contribution >= 4 is 17.5 Å². The first kappa shape index (κ1) is 14.1. The molecule has 1 aromatic rings. The standard InChI is InChI=1S/C13H14F2N2O/c1-3-17(4-2)12(8-9-18)16-13-10(14)6-5-7-11(13)15/h5-8H,3-4H2,1-2H3. The maximum Gasteiger partial charge on any atom is 0.151 e. The van der Waals surface area contributed by atoms with Gasteiger partial charge in [0.2, 0.25) is 0 Å². The van der Waals surface area contributed by atoms with Gasteiger partial charge in [0.25, 0.3) is 0 Å². The highest BCUT2D eigenvalue weighted by molar-refractivity contribution is 6.00. The molecule has 0 spiro atoms. The van der Waals surface area contributed by atoms with Crippen LogP contribution >= 0.6 is 0 Å². The molecule has 0 aromatic heterocycles. The second-order valence-corrected chi connectivity index (χ2v) is 3.47. The van der Waals surface area contributed by atoms with Crippen LogP contribution in [0.1, 0.15) is 13.8 Å². The number of hydrogen-bond donors (Lipinski definition) is 0. The Bertz CT molecular complexity index is 470. The van der Waals surface area contributed by atoms with E-state index < -0.39 is 17.3 Å². The van der Waals surface area contributed by atoms with Crippen LogP contribution in [0, 0.1) is 11.6 Å². The molecular weight excluding hydrogens is 238 g/mol. The fraction of sp³-hybridized carbons (Fsp3) is 0.308. The summed E-state index contributed by atoms with van der Waals surface area (Å²) in [4.78, 5) is 16.0. The van der Waals surface area contributed by atoms with Crippen LogP contribution in [0.3, 0.4) is 0 Å². The van der Waals surface area contributed by atoms with E-state index in [9.17, 15) is 13.6 Å². The molecule has 0 fully saturated rings. The van der Waals surface area contributed by atoms with Crippen LogP contribution in [0.15, 0.2) is 29.3 Å². The van der Waals surface area contributed by atoms with Crippen LogP contribution in [-0.4, -0.2) is 29.8 Å². The van der Waals surface area contributed by atoms with Crippen molar-refractivity contribution in [1.82, 2.24) is 4.90 Å². The molecule has 18 heavy (non-hydrogen) atoms. The van der Waals surface area contributed by atoms with Crippen LogP contribution < -0.4 is 0 Å². The molecule has 0 radical (unpaired) electrons. The summed E-state index contributed by atoms with van der Waals surface area (Å²) >= 11 is 0. The van der Waals surface area contributed by atoms with E-state index in [2.05, 4.69) is 4.99 Å². The van der Waals surface area contributed by atoms with Crippen molar-refractivity contribution < 1.29 is 13.6 Å². The zero-order chi connectivity index (χ0) is 13.5. The Balaban J connectivity index is 3.28. The summed E-state index contributed by atoms with van der Waals surface area (Å²) in [6.45, 7) is 4.86. The summed E-state index contributed by atoms with van der Waals surface area (Å²) < 4.78 is 26.9. The first-order chi connectivity index (χ1) is 8.63. The number of halogens is 2. The molecule has 0 unspecified atom stereocenters. The quantitative estimate of drug-likeness (QED) is 0.469. The fourth-order valence-electron chi connectivity index (χ4n) is 1.50. The zero-order valence-electron chi connectivity index (χ0n) is 10.3. The van der Waals surface area contributed by atoms with Gasteiger partial charge in [0.05, 0.1) is 6.08 Å². The van der Waals surface area contributed by atoms with E-state index in [4.69, 9.17) is 0 Å². The number of rotatable bonds is 4. The van der Waals surface area contributed by atoms with Gasteiger partial charge in [-0.3, -0.25) is 0 Å². The highest BCUT2D eigenvalue weighted by atomic mass is 19.1. The zero-order valence-corrected chi connectivity index (χ0v) is 10.3. The van der Waals surface area contributed by atoms with Gasteiger partial charge < -0.3 is 4.90 Å². The summed E-state index contributed by atoms with van der Waals surface area (Å²) in [5.74, 6) is 0.248. The van der Waals surface area contributed by atoms with E-state index >= 15 is 0 Å². The smallest absolute Gasteiger partial charge is 0.151 e. The van der Waals surface area contributed by atoms with Crippen molar-refractivity contribution in [2.75, 3.05) is 13.1 Å². The van der Waals surface area contributed by atoms with Gasteiger partial charge in [-0.1, -0.05) is 6.07 Å². The van der Waals surface area contributed by atoms with Gasteiger partial charge >= 0.3 is 0 Å². The molecule has 0 heterocycles. The molecule has 0 amide bonds. The molecule has 1 rings (SSSR count). The molecule has 0 aliphatic heterocycles. The van der Waals surface area contributed by atoms with Crippen molar-refractivity contribution in [3.8, 4) is 0 Å². The Hall–Kier alpha value is -2.00. The number of likely N-dealkylation sites (N-methyl/N-ethyl adjacent to an activating group) is 1. The highest BCUT2D eigenvalue weighted by Crippen LogP contribution is 2.22. The van der Waals surface area contributed by atoms with Crippen LogP contribution in [0.5, 0.6) is 0 Å². The average molecular weight is 252 g/mol. The lowest BCUT2D eigenvalue weighted by molar-refractivity contribution is 0.467. The van der Waals surface area contributed by atoms with E-state index in [1.54, 1.807) is 10.8 Å². The number of para-hydroxylation sites is 1. The highest BCUT2D eigenvalue weighted by Gasteiger charge is 2.11. The normalized spacial score (nSPS) is 11.0. The minimum Gasteiger partial charge on any atom is -0.357 e. The molecule has 0 saturated heterocycles. The van der Waals surface area contributed by atoms with Crippen molar-refractivity contribution in [1.29, 1.82) is 0 Å². The predicted octanol–water partition coefficient (Wildman–Crippen LogP) is 2.72. The number of aliphatic imine (C=N–C) groups is 1. The number of carbonyl (C=O) groups excluding carboxylic acids is 1. The maximum atomic E-state index is 13.4. The second kappa shape index (κ2) is 6.67. The van der Waals surface area contributed by atoms with Gasteiger partial charge in [0.15, 0.2) is 11.6 Å². The lowest BCUT2D eigenvalue weighted by Gasteiger charge is -2.19. The third-order valence-corrected chi connectivity index (χ3v) is 2.44.